The van der Waals surface area contributed by atoms with Gasteiger partial charge in [0, 0.05) is 54.3 Å². The number of piperazine rings is 1. The highest BCUT2D eigenvalue weighted by molar-refractivity contribution is 9.10. The molecule has 0 saturated carbocycles. The molecule has 0 spiro atoms. The van der Waals surface area contributed by atoms with Gasteiger partial charge in [0.05, 0.1) is 30.5 Å². The van der Waals surface area contributed by atoms with Gasteiger partial charge in [-0.25, -0.2) is 9.97 Å². The molecule has 212 valence electrons. The number of amides is 1. The number of fused-ring (bicyclic) bond motifs is 1. The van der Waals surface area contributed by atoms with Crippen LogP contribution in [0, 0.1) is 0 Å². The van der Waals surface area contributed by atoms with Crippen LogP contribution in [0.5, 0.6) is 5.75 Å². The van der Waals surface area contributed by atoms with E-state index in [1.54, 1.807) is 0 Å². The molecule has 1 aromatic heterocycles. The maximum atomic E-state index is 12.2. The number of nitrogens with zero attached hydrogens (tertiary/aromatic N) is 4. The Labute approximate surface area is 242 Å². The molecule has 0 aliphatic carbocycles. The van der Waals surface area contributed by atoms with Crippen molar-refractivity contribution < 1.29 is 19.1 Å². The van der Waals surface area contributed by atoms with Crippen molar-refractivity contribution in [3.63, 3.8) is 0 Å². The smallest absolute Gasteiger partial charge is 0.320 e. The molecule has 40 heavy (non-hydrogen) atoms. The summed E-state index contributed by atoms with van der Waals surface area (Å²) in [5.74, 6) is 0.634. The number of ether oxygens (including phenoxy) is 2. The molecule has 11 heteroatoms. The lowest BCUT2D eigenvalue weighted by atomic mass is 10.1. The Morgan fingerprint density at radius 1 is 1.12 bits per heavy atom. The summed E-state index contributed by atoms with van der Waals surface area (Å²) in [7, 11) is 0. The van der Waals surface area contributed by atoms with Gasteiger partial charge in [-0.2, -0.15) is 0 Å². The molecule has 1 amide bonds. The summed E-state index contributed by atoms with van der Waals surface area (Å²) in [4.78, 5) is 37.4. The van der Waals surface area contributed by atoms with Gasteiger partial charge in [0.15, 0.2) is 0 Å². The molecule has 3 aromatic rings. The van der Waals surface area contributed by atoms with Crippen molar-refractivity contribution in [2.24, 2.45) is 0 Å². The van der Waals surface area contributed by atoms with Crippen LogP contribution in [0.15, 0.2) is 59.9 Å². The van der Waals surface area contributed by atoms with Crippen LogP contribution < -0.4 is 15.4 Å². The van der Waals surface area contributed by atoms with Gasteiger partial charge in [0.1, 0.15) is 17.9 Å². The number of nitrogens with one attached hydrogen (secondary N) is 2. The molecule has 1 saturated heterocycles. The summed E-state index contributed by atoms with van der Waals surface area (Å²) >= 11 is 3.49. The number of rotatable bonds is 12. The number of carbonyl (C=O) groups excluding carboxylic acids is 2. The van der Waals surface area contributed by atoms with Gasteiger partial charge in [0.2, 0.25) is 5.91 Å². The second-order valence-corrected chi connectivity index (χ2v) is 10.7. The van der Waals surface area contributed by atoms with E-state index in [0.29, 0.717) is 35.9 Å². The fourth-order valence-corrected chi connectivity index (χ4v) is 4.81. The number of aromatic nitrogens is 2. The van der Waals surface area contributed by atoms with E-state index in [1.807, 2.05) is 50.2 Å². The maximum Gasteiger partial charge on any atom is 0.320 e. The molecule has 4 rings (SSSR count). The minimum absolute atomic E-state index is 0.0925. The van der Waals surface area contributed by atoms with Gasteiger partial charge in [-0.1, -0.05) is 28.6 Å². The highest BCUT2D eigenvalue weighted by atomic mass is 79.9. The summed E-state index contributed by atoms with van der Waals surface area (Å²) in [6.45, 7) is 12.4. The van der Waals surface area contributed by atoms with Crippen LogP contribution in [0.25, 0.3) is 10.9 Å². The molecule has 1 aliphatic heterocycles. The second-order valence-electron chi connectivity index (χ2n) is 9.77. The van der Waals surface area contributed by atoms with Crippen LogP contribution in [-0.2, 0) is 14.3 Å². The van der Waals surface area contributed by atoms with Gasteiger partial charge in [-0.05, 0) is 50.6 Å². The van der Waals surface area contributed by atoms with Gasteiger partial charge >= 0.3 is 5.97 Å². The molecular weight excluding hydrogens is 576 g/mol. The number of hydrogen-bond donors (Lipinski definition) is 2. The van der Waals surface area contributed by atoms with Crippen LogP contribution in [0.1, 0.15) is 20.3 Å². The normalized spacial score (nSPS) is 14.2. The molecule has 1 aliphatic rings. The third kappa shape index (κ3) is 8.48. The first-order chi connectivity index (χ1) is 19.3. The van der Waals surface area contributed by atoms with Crippen molar-refractivity contribution in [3.8, 4) is 5.75 Å². The first-order valence-electron chi connectivity index (χ1n) is 13.3. The minimum atomic E-state index is -0.335. The van der Waals surface area contributed by atoms with E-state index in [4.69, 9.17) is 9.47 Å². The number of carbonyl (C=O) groups is 2. The average molecular weight is 612 g/mol. The van der Waals surface area contributed by atoms with Crippen molar-refractivity contribution in [1.82, 2.24) is 19.8 Å². The lowest BCUT2D eigenvalue weighted by molar-refractivity contribution is -0.149. The van der Waals surface area contributed by atoms with Crippen LogP contribution >= 0.6 is 15.9 Å². The Hall–Kier alpha value is -3.54. The first kappa shape index (κ1) is 29.4. The predicted molar refractivity (Wildman–Crippen MR) is 160 cm³/mol. The number of esters is 1. The van der Waals surface area contributed by atoms with E-state index in [1.165, 1.54) is 12.4 Å². The summed E-state index contributed by atoms with van der Waals surface area (Å²) in [6, 6.07) is 11.4. The van der Waals surface area contributed by atoms with Crippen molar-refractivity contribution in [2.75, 3.05) is 56.5 Å². The lowest BCUT2D eigenvalue weighted by Crippen LogP contribution is -2.48. The topological polar surface area (TPSA) is 109 Å². The molecule has 0 unspecified atom stereocenters. The molecule has 2 heterocycles. The lowest BCUT2D eigenvalue weighted by Gasteiger charge is -2.34. The fraction of sp³-hybridized carbons (Fsp3) is 0.379. The average Bonchev–Trinajstić information content (AvgIpc) is 2.92. The maximum absolute atomic E-state index is 12.2. The zero-order chi connectivity index (χ0) is 28.5. The van der Waals surface area contributed by atoms with E-state index in [0.717, 1.165) is 54.7 Å². The molecule has 0 atom stereocenters. The Kier molecular flexibility index (Phi) is 10.5. The Balaban J connectivity index is 1.37. The first-order valence-corrected chi connectivity index (χ1v) is 14.1. The van der Waals surface area contributed by atoms with Crippen molar-refractivity contribution >= 4 is 55.9 Å². The van der Waals surface area contributed by atoms with Crippen LogP contribution in [-0.4, -0.2) is 83.6 Å². The third-order valence-corrected chi connectivity index (χ3v) is 6.82. The van der Waals surface area contributed by atoms with Crippen LogP contribution in [0.3, 0.4) is 0 Å². The number of anilines is 3. The second kappa shape index (κ2) is 14.2. The molecule has 0 radical (unpaired) electrons. The molecule has 2 N–H and O–H groups in total. The Morgan fingerprint density at radius 3 is 2.62 bits per heavy atom. The number of halogens is 1. The number of hydrogen-bond acceptors (Lipinski definition) is 9. The van der Waals surface area contributed by atoms with E-state index < -0.39 is 0 Å². The van der Waals surface area contributed by atoms with Gasteiger partial charge in [0.25, 0.3) is 0 Å². The minimum Gasteiger partial charge on any atom is -0.491 e. The summed E-state index contributed by atoms with van der Waals surface area (Å²) in [5, 5.41) is 6.91. The molecule has 1 fully saturated rings. The van der Waals surface area contributed by atoms with E-state index >= 15 is 0 Å². The van der Waals surface area contributed by atoms with Crippen molar-refractivity contribution in [2.45, 2.75) is 26.4 Å². The standard InChI is InChI=1S/C29H35BrN6O4/c1-4-27(37)34-25-16-23-24(31-19-32-29(23)33-22-8-5-7-21(30)15-22)17-26(25)39-14-6-9-35-10-12-36(13-11-35)18-28(38)40-20(2)3/h4-5,7-8,15-17,19-20H,1,6,9-14,18H2,2-3H3,(H,34,37)(H,31,32,33). The Bertz CT molecular complexity index is 1340. The van der Waals surface area contributed by atoms with Gasteiger partial charge in [-0.3, -0.25) is 14.5 Å². The van der Waals surface area contributed by atoms with E-state index in [9.17, 15) is 9.59 Å². The van der Waals surface area contributed by atoms with E-state index in [-0.39, 0.29) is 18.0 Å². The molecule has 10 nitrogen and oxygen atoms in total. The molecular formula is C29H35BrN6O4. The zero-order valence-electron chi connectivity index (χ0n) is 22.9. The zero-order valence-corrected chi connectivity index (χ0v) is 24.4. The van der Waals surface area contributed by atoms with Crippen molar-refractivity contribution in [3.05, 3.63) is 59.9 Å². The summed E-state index contributed by atoms with van der Waals surface area (Å²) in [6.07, 6.45) is 3.43. The van der Waals surface area contributed by atoms with Crippen molar-refractivity contribution in [1.29, 1.82) is 0 Å². The third-order valence-electron chi connectivity index (χ3n) is 6.33. The predicted octanol–water partition coefficient (Wildman–Crippen LogP) is 4.60. The largest absolute Gasteiger partial charge is 0.491 e. The monoisotopic (exact) mass is 610 g/mol. The molecule has 2 aromatic carbocycles. The summed E-state index contributed by atoms with van der Waals surface area (Å²) in [5.41, 5.74) is 2.07. The SMILES string of the molecule is C=CC(=O)Nc1cc2c(Nc3cccc(Br)c3)ncnc2cc1OCCCN1CCN(CC(=O)OC(C)C)CC1. The van der Waals surface area contributed by atoms with Gasteiger partial charge < -0.3 is 25.0 Å². The van der Waals surface area contributed by atoms with Gasteiger partial charge in [-0.15, -0.1) is 0 Å². The fourth-order valence-electron chi connectivity index (χ4n) is 4.41. The van der Waals surface area contributed by atoms with Crippen LogP contribution in [0.2, 0.25) is 0 Å². The van der Waals surface area contributed by atoms with E-state index in [2.05, 4.69) is 52.9 Å². The highest BCUT2D eigenvalue weighted by Gasteiger charge is 2.20. The highest BCUT2D eigenvalue weighted by Crippen LogP contribution is 2.33. The Morgan fingerprint density at radius 2 is 1.90 bits per heavy atom. The quantitative estimate of drug-likeness (QED) is 0.173. The van der Waals surface area contributed by atoms with Crippen LogP contribution in [0.4, 0.5) is 17.2 Å². The summed E-state index contributed by atoms with van der Waals surface area (Å²) < 4.78 is 12.3. The number of benzene rings is 2. The molecule has 0 bridgehead atoms.